The van der Waals surface area contributed by atoms with Crippen LogP contribution in [0.5, 0.6) is 0 Å². The summed E-state index contributed by atoms with van der Waals surface area (Å²) in [6.45, 7) is 3.34. The average molecular weight is 288 g/mol. The molecule has 102 valence electrons. The molecule has 2 rings (SSSR count). The van der Waals surface area contributed by atoms with Crippen molar-refractivity contribution in [1.82, 2.24) is 9.62 Å². The lowest BCUT2D eigenvalue weighted by atomic mass is 10.3. The van der Waals surface area contributed by atoms with Crippen molar-refractivity contribution in [2.45, 2.75) is 30.5 Å². The predicted octanol–water partition coefficient (Wildman–Crippen LogP) is 1.81. The third kappa shape index (κ3) is 2.93. The molecule has 18 heavy (non-hydrogen) atoms. The molecule has 1 aliphatic rings. The highest BCUT2D eigenvalue weighted by Gasteiger charge is 2.30. The summed E-state index contributed by atoms with van der Waals surface area (Å²) in [4.78, 5) is 1.09. The second kappa shape index (κ2) is 5.28. The Kier molecular flexibility index (Phi) is 4.11. The van der Waals surface area contributed by atoms with Crippen LogP contribution < -0.4 is 5.32 Å². The van der Waals surface area contributed by atoms with Crippen molar-refractivity contribution >= 4 is 21.4 Å². The van der Waals surface area contributed by atoms with E-state index in [1.807, 2.05) is 14.0 Å². The first-order valence-corrected chi connectivity index (χ1v) is 8.41. The van der Waals surface area contributed by atoms with E-state index in [9.17, 15) is 8.42 Å². The van der Waals surface area contributed by atoms with Gasteiger partial charge in [0.05, 0.1) is 0 Å². The summed E-state index contributed by atoms with van der Waals surface area (Å²) in [5.41, 5.74) is 1.05. The minimum absolute atomic E-state index is 0.466. The molecule has 1 aromatic heterocycles. The Labute approximate surface area is 113 Å². The molecule has 4 nitrogen and oxygen atoms in total. The van der Waals surface area contributed by atoms with E-state index in [0.717, 1.165) is 29.8 Å². The van der Waals surface area contributed by atoms with Crippen molar-refractivity contribution in [3.05, 3.63) is 16.5 Å². The molecule has 6 heteroatoms. The Morgan fingerprint density at radius 3 is 2.72 bits per heavy atom. The van der Waals surface area contributed by atoms with Gasteiger partial charge in [-0.1, -0.05) is 0 Å². The Bertz CT molecular complexity index is 518. The van der Waals surface area contributed by atoms with Gasteiger partial charge in [-0.05, 0) is 44.4 Å². The number of aryl methyl sites for hydroxylation is 1. The van der Waals surface area contributed by atoms with E-state index >= 15 is 0 Å². The summed E-state index contributed by atoms with van der Waals surface area (Å²) in [5.74, 6) is 0.572. The molecule has 0 aromatic carbocycles. The molecule has 1 N–H and O–H groups in total. The topological polar surface area (TPSA) is 49.4 Å². The van der Waals surface area contributed by atoms with Crippen LogP contribution in [0.3, 0.4) is 0 Å². The minimum Gasteiger partial charge on any atom is -0.315 e. The molecule has 0 spiro atoms. The van der Waals surface area contributed by atoms with Crippen LogP contribution in [0.2, 0.25) is 0 Å². The molecule has 1 aromatic rings. The maximum atomic E-state index is 12.4. The van der Waals surface area contributed by atoms with Gasteiger partial charge in [-0.3, -0.25) is 0 Å². The zero-order valence-corrected chi connectivity index (χ0v) is 12.7. The fourth-order valence-corrected chi connectivity index (χ4v) is 4.93. The number of nitrogens with zero attached hydrogens (tertiary/aromatic N) is 1. The molecule has 0 aliphatic heterocycles. The van der Waals surface area contributed by atoms with Gasteiger partial charge in [0.2, 0.25) is 0 Å². The number of sulfonamides is 1. The zero-order chi connectivity index (χ0) is 13.3. The first-order valence-electron chi connectivity index (χ1n) is 6.15. The van der Waals surface area contributed by atoms with Crippen LogP contribution >= 0.6 is 11.3 Å². The number of thiophene rings is 1. The largest absolute Gasteiger partial charge is 0.315 e. The normalized spacial score (nSPS) is 16.4. The van der Waals surface area contributed by atoms with E-state index in [2.05, 4.69) is 5.32 Å². The molecule has 0 bridgehead atoms. The quantitative estimate of drug-likeness (QED) is 0.868. The second-order valence-electron chi connectivity index (χ2n) is 4.93. The molecule has 0 amide bonds. The fraction of sp³-hybridized carbons (Fsp3) is 0.667. The lowest BCUT2D eigenvalue weighted by molar-refractivity contribution is 0.454. The van der Waals surface area contributed by atoms with Crippen LogP contribution in [0.1, 0.15) is 23.3 Å². The molecule has 1 saturated carbocycles. The van der Waals surface area contributed by atoms with Crippen LogP contribution in [0.15, 0.2) is 10.3 Å². The number of hydrogen-bond donors (Lipinski definition) is 1. The van der Waals surface area contributed by atoms with E-state index < -0.39 is 10.0 Å². The summed E-state index contributed by atoms with van der Waals surface area (Å²) < 4.78 is 26.7. The molecule has 0 atom stereocenters. The third-order valence-electron chi connectivity index (χ3n) is 3.21. The van der Waals surface area contributed by atoms with Crippen LogP contribution in [0, 0.1) is 12.8 Å². The van der Waals surface area contributed by atoms with E-state index in [4.69, 9.17) is 0 Å². The third-order valence-corrected chi connectivity index (χ3v) is 6.72. The van der Waals surface area contributed by atoms with Gasteiger partial charge in [0, 0.05) is 25.0 Å². The van der Waals surface area contributed by atoms with Crippen molar-refractivity contribution in [2.75, 3.05) is 20.6 Å². The van der Waals surface area contributed by atoms with E-state index in [-0.39, 0.29) is 0 Å². The van der Waals surface area contributed by atoms with Gasteiger partial charge in [0.25, 0.3) is 10.0 Å². The van der Waals surface area contributed by atoms with Crippen molar-refractivity contribution < 1.29 is 8.42 Å². The maximum Gasteiger partial charge on any atom is 0.252 e. The highest BCUT2D eigenvalue weighted by Crippen LogP contribution is 2.33. The van der Waals surface area contributed by atoms with Gasteiger partial charge in [-0.2, -0.15) is 4.31 Å². The van der Waals surface area contributed by atoms with Crippen LogP contribution in [0.25, 0.3) is 0 Å². The molecule has 1 heterocycles. The average Bonchev–Trinajstić information content (AvgIpc) is 3.03. The summed E-state index contributed by atoms with van der Waals surface area (Å²) in [5, 5.41) is 3.06. The number of nitrogens with one attached hydrogen (secondary N) is 1. The Morgan fingerprint density at radius 1 is 1.50 bits per heavy atom. The first kappa shape index (κ1) is 14.0. The van der Waals surface area contributed by atoms with Crippen LogP contribution in [0.4, 0.5) is 0 Å². The first-order chi connectivity index (χ1) is 8.45. The van der Waals surface area contributed by atoms with Gasteiger partial charge in [0.15, 0.2) is 0 Å². The highest BCUT2D eigenvalue weighted by molar-refractivity contribution is 7.91. The van der Waals surface area contributed by atoms with E-state index in [1.54, 1.807) is 13.1 Å². The van der Waals surface area contributed by atoms with Crippen LogP contribution in [-0.4, -0.2) is 33.4 Å². The van der Waals surface area contributed by atoms with Gasteiger partial charge >= 0.3 is 0 Å². The zero-order valence-electron chi connectivity index (χ0n) is 11.1. The minimum atomic E-state index is -3.29. The number of rotatable bonds is 6. The Morgan fingerprint density at radius 2 is 2.17 bits per heavy atom. The second-order valence-corrected chi connectivity index (χ2v) is 8.34. The Hall–Kier alpha value is -0.430. The Balaban J connectivity index is 2.20. The van der Waals surface area contributed by atoms with Crippen molar-refractivity contribution in [3.8, 4) is 0 Å². The standard InChI is InChI=1S/C12H20N2O2S2/c1-9-6-12(17-11(9)7-13-2)18(15,16)14(3)8-10-4-5-10/h6,10,13H,4-5,7-8H2,1-3H3. The summed E-state index contributed by atoms with van der Waals surface area (Å²) in [6, 6.07) is 1.79. The van der Waals surface area contributed by atoms with Gasteiger partial charge in [-0.15, -0.1) is 11.3 Å². The summed E-state index contributed by atoms with van der Waals surface area (Å²) in [7, 11) is 0.259. The molecule has 0 radical (unpaired) electrons. The van der Waals surface area contributed by atoms with Gasteiger partial charge in [0.1, 0.15) is 4.21 Å². The summed E-state index contributed by atoms with van der Waals surface area (Å²) in [6.07, 6.45) is 2.32. The molecular formula is C12H20N2O2S2. The lowest BCUT2D eigenvalue weighted by Gasteiger charge is -2.15. The maximum absolute atomic E-state index is 12.4. The molecule has 1 fully saturated rings. The van der Waals surface area contributed by atoms with E-state index in [0.29, 0.717) is 16.7 Å². The van der Waals surface area contributed by atoms with Gasteiger partial charge in [-0.25, -0.2) is 8.42 Å². The lowest BCUT2D eigenvalue weighted by Crippen LogP contribution is -2.28. The van der Waals surface area contributed by atoms with Crippen molar-refractivity contribution in [1.29, 1.82) is 0 Å². The fourth-order valence-electron chi connectivity index (χ4n) is 1.87. The smallest absolute Gasteiger partial charge is 0.252 e. The van der Waals surface area contributed by atoms with Crippen LogP contribution in [-0.2, 0) is 16.6 Å². The molecule has 0 saturated heterocycles. The summed E-state index contributed by atoms with van der Waals surface area (Å²) >= 11 is 1.37. The van der Waals surface area contributed by atoms with E-state index in [1.165, 1.54) is 15.6 Å². The molecule has 0 unspecified atom stereocenters. The van der Waals surface area contributed by atoms with Crippen molar-refractivity contribution in [2.24, 2.45) is 5.92 Å². The van der Waals surface area contributed by atoms with Crippen molar-refractivity contribution in [3.63, 3.8) is 0 Å². The van der Waals surface area contributed by atoms with Gasteiger partial charge < -0.3 is 5.32 Å². The predicted molar refractivity (Wildman–Crippen MR) is 74.4 cm³/mol. The molecule has 1 aliphatic carbocycles. The number of hydrogen-bond acceptors (Lipinski definition) is 4. The highest BCUT2D eigenvalue weighted by atomic mass is 32.2. The SMILES string of the molecule is CNCc1sc(S(=O)(=O)N(C)CC2CC2)cc1C. The molecular weight excluding hydrogens is 268 g/mol. The monoisotopic (exact) mass is 288 g/mol.